The maximum Gasteiger partial charge on any atom is 0.272 e. The highest BCUT2D eigenvalue weighted by molar-refractivity contribution is 6.33. The molecule has 0 saturated carbocycles. The van der Waals surface area contributed by atoms with E-state index in [0.29, 0.717) is 10.6 Å². The van der Waals surface area contributed by atoms with E-state index < -0.39 is 0 Å². The zero-order valence-corrected chi connectivity index (χ0v) is 13.3. The van der Waals surface area contributed by atoms with Crippen molar-refractivity contribution in [1.29, 1.82) is 0 Å². The van der Waals surface area contributed by atoms with Gasteiger partial charge in [-0.2, -0.15) is 0 Å². The molecule has 106 valence electrons. The van der Waals surface area contributed by atoms with Gasteiger partial charge in [0, 0.05) is 16.3 Å². The molecule has 2 rings (SSSR count). The number of rotatable bonds is 1. The van der Waals surface area contributed by atoms with Crippen LogP contribution >= 0.6 is 11.6 Å². The van der Waals surface area contributed by atoms with Gasteiger partial charge in [0.1, 0.15) is 0 Å². The van der Waals surface area contributed by atoms with Gasteiger partial charge in [0.15, 0.2) is 0 Å². The maximum absolute atomic E-state index is 11.5. The minimum Gasteiger partial charge on any atom is -0.302 e. The highest BCUT2D eigenvalue weighted by atomic mass is 35.5. The van der Waals surface area contributed by atoms with Gasteiger partial charge < -0.3 is 5.10 Å². The van der Waals surface area contributed by atoms with Gasteiger partial charge in [0.05, 0.1) is 5.56 Å². The monoisotopic (exact) mass is 282 g/mol. The van der Waals surface area contributed by atoms with Crippen LogP contribution in [0.2, 0.25) is 5.02 Å². The van der Waals surface area contributed by atoms with E-state index in [1.807, 2.05) is 59.7 Å². The van der Waals surface area contributed by atoms with Crippen molar-refractivity contribution in [3.63, 3.8) is 0 Å². The Balaban J connectivity index is 0.000000741. The highest BCUT2D eigenvalue weighted by Crippen LogP contribution is 2.27. The number of nitrogens with one attached hydrogen (secondary N) is 2. The van der Waals surface area contributed by atoms with Crippen molar-refractivity contribution in [1.82, 2.24) is 10.2 Å². The Labute approximate surface area is 120 Å². The second-order valence-electron chi connectivity index (χ2n) is 3.56. The van der Waals surface area contributed by atoms with Crippen LogP contribution in [-0.2, 0) is 0 Å². The molecule has 0 atom stereocenters. The molecule has 0 bridgehead atoms. The number of aromatic amines is 2. The number of H-pyrrole nitrogens is 2. The van der Waals surface area contributed by atoms with Crippen molar-refractivity contribution in [2.45, 2.75) is 41.5 Å². The number of hydrogen-bond acceptors (Lipinski definition) is 1. The third-order valence-electron chi connectivity index (χ3n) is 2.36. The van der Waals surface area contributed by atoms with Gasteiger partial charge in [0.2, 0.25) is 0 Å². The normalized spacial score (nSPS) is 9.00. The van der Waals surface area contributed by atoms with E-state index in [0.717, 1.165) is 16.8 Å². The minimum absolute atomic E-state index is 0.141. The molecule has 0 unspecified atom stereocenters. The fourth-order valence-electron chi connectivity index (χ4n) is 1.59. The number of aryl methyl sites for hydroxylation is 2. The van der Waals surface area contributed by atoms with Crippen LogP contribution in [0.25, 0.3) is 11.1 Å². The van der Waals surface area contributed by atoms with Crippen molar-refractivity contribution in [3.8, 4) is 11.1 Å². The zero-order valence-electron chi connectivity index (χ0n) is 12.5. The fraction of sp³-hybridized carbons (Fsp3) is 0.400. The molecule has 4 heteroatoms. The van der Waals surface area contributed by atoms with Gasteiger partial charge in [-0.1, -0.05) is 51.4 Å². The van der Waals surface area contributed by atoms with E-state index in [9.17, 15) is 4.79 Å². The van der Waals surface area contributed by atoms with Gasteiger partial charge in [-0.3, -0.25) is 9.89 Å². The Bertz CT molecular complexity index is 556. The second-order valence-corrected chi connectivity index (χ2v) is 3.97. The Morgan fingerprint density at radius 2 is 1.58 bits per heavy atom. The average molecular weight is 283 g/mol. The number of benzene rings is 1. The van der Waals surface area contributed by atoms with Crippen molar-refractivity contribution in [2.24, 2.45) is 0 Å². The van der Waals surface area contributed by atoms with E-state index in [1.54, 1.807) is 0 Å². The third kappa shape index (κ3) is 4.28. The van der Waals surface area contributed by atoms with E-state index in [-0.39, 0.29) is 5.56 Å². The molecule has 0 saturated heterocycles. The average Bonchev–Trinajstić information content (AvgIpc) is 2.75. The SMILES string of the molecule is CC.CC.Cc1ccc(-c2c(C)[nH][nH]c2=O)c(Cl)c1. The molecule has 19 heavy (non-hydrogen) atoms. The summed E-state index contributed by atoms with van der Waals surface area (Å²) >= 11 is 6.10. The van der Waals surface area contributed by atoms with Gasteiger partial charge >= 0.3 is 0 Å². The second kappa shape index (κ2) is 8.59. The van der Waals surface area contributed by atoms with Crippen molar-refractivity contribution >= 4 is 11.6 Å². The van der Waals surface area contributed by atoms with Crippen LogP contribution in [-0.4, -0.2) is 10.2 Å². The molecule has 0 radical (unpaired) electrons. The summed E-state index contributed by atoms with van der Waals surface area (Å²) < 4.78 is 0. The third-order valence-corrected chi connectivity index (χ3v) is 2.67. The van der Waals surface area contributed by atoms with Crippen molar-refractivity contribution in [2.75, 3.05) is 0 Å². The lowest BCUT2D eigenvalue weighted by Crippen LogP contribution is -2.02. The molecule has 2 aromatic rings. The largest absolute Gasteiger partial charge is 0.302 e. The molecule has 1 aromatic heterocycles. The molecule has 2 N–H and O–H groups in total. The fourth-order valence-corrected chi connectivity index (χ4v) is 1.92. The maximum atomic E-state index is 11.5. The Morgan fingerprint density at radius 3 is 2.00 bits per heavy atom. The summed E-state index contributed by atoms with van der Waals surface area (Å²) in [5.74, 6) is 0. The highest BCUT2D eigenvalue weighted by Gasteiger charge is 2.11. The first kappa shape index (κ1) is 17.5. The van der Waals surface area contributed by atoms with Gasteiger partial charge in [0.25, 0.3) is 5.56 Å². The lowest BCUT2D eigenvalue weighted by Gasteiger charge is -2.02. The first-order chi connectivity index (χ1) is 9.09. The van der Waals surface area contributed by atoms with Crippen LogP contribution < -0.4 is 5.56 Å². The van der Waals surface area contributed by atoms with Gasteiger partial charge in [-0.05, 0) is 25.5 Å². The summed E-state index contributed by atoms with van der Waals surface area (Å²) in [7, 11) is 0. The summed E-state index contributed by atoms with van der Waals surface area (Å²) in [6.45, 7) is 11.8. The van der Waals surface area contributed by atoms with Crippen molar-refractivity contribution < 1.29 is 0 Å². The van der Waals surface area contributed by atoms with E-state index in [1.165, 1.54) is 0 Å². The Kier molecular flexibility index (Phi) is 7.92. The molecule has 0 aliphatic rings. The predicted molar refractivity (Wildman–Crippen MR) is 84.0 cm³/mol. The van der Waals surface area contributed by atoms with Crippen LogP contribution in [0.1, 0.15) is 39.0 Å². The first-order valence-corrected chi connectivity index (χ1v) is 7.01. The topological polar surface area (TPSA) is 48.6 Å². The molecule has 3 nitrogen and oxygen atoms in total. The number of halogens is 1. The Hall–Kier alpha value is -1.48. The predicted octanol–water partition coefficient (Wildman–Crippen LogP) is 4.69. The van der Waals surface area contributed by atoms with Gasteiger partial charge in [-0.25, -0.2) is 0 Å². The lowest BCUT2D eigenvalue weighted by atomic mass is 10.1. The molecule has 1 heterocycles. The summed E-state index contributed by atoms with van der Waals surface area (Å²) in [6.07, 6.45) is 0. The lowest BCUT2D eigenvalue weighted by molar-refractivity contribution is 1.02. The summed E-state index contributed by atoms with van der Waals surface area (Å²) in [6, 6.07) is 5.65. The molecular weight excluding hydrogens is 260 g/mol. The minimum atomic E-state index is -0.141. The molecule has 0 spiro atoms. The number of aromatic nitrogens is 2. The van der Waals surface area contributed by atoms with Crippen LogP contribution in [0.15, 0.2) is 23.0 Å². The van der Waals surface area contributed by atoms with E-state index in [4.69, 9.17) is 11.6 Å². The zero-order chi connectivity index (χ0) is 15.0. The van der Waals surface area contributed by atoms with Crippen LogP contribution in [0.3, 0.4) is 0 Å². The smallest absolute Gasteiger partial charge is 0.272 e. The first-order valence-electron chi connectivity index (χ1n) is 6.63. The van der Waals surface area contributed by atoms with Crippen molar-refractivity contribution in [3.05, 3.63) is 44.8 Å². The molecule has 0 fully saturated rings. The standard InChI is InChI=1S/C11H11ClN2O.2C2H6/c1-6-3-4-8(9(12)5-6)10-7(2)13-14-11(10)15;2*1-2/h3-5H,1-2H3,(H2,13,14,15);2*1-2H3. The Morgan fingerprint density at radius 1 is 1.00 bits per heavy atom. The molecule has 0 amide bonds. The molecule has 0 aliphatic carbocycles. The van der Waals surface area contributed by atoms with Crippen LogP contribution in [0.5, 0.6) is 0 Å². The molecule has 0 aliphatic heterocycles. The van der Waals surface area contributed by atoms with E-state index in [2.05, 4.69) is 10.2 Å². The van der Waals surface area contributed by atoms with E-state index >= 15 is 0 Å². The molecule has 1 aromatic carbocycles. The summed E-state index contributed by atoms with van der Waals surface area (Å²) in [5.41, 5.74) is 3.11. The van der Waals surface area contributed by atoms with Gasteiger partial charge in [-0.15, -0.1) is 0 Å². The quantitative estimate of drug-likeness (QED) is 0.783. The van der Waals surface area contributed by atoms with Crippen LogP contribution in [0, 0.1) is 13.8 Å². The summed E-state index contributed by atoms with van der Waals surface area (Å²) in [5, 5.41) is 5.92. The summed E-state index contributed by atoms with van der Waals surface area (Å²) in [4.78, 5) is 11.5. The molecular formula is C15H23ClN2O. The van der Waals surface area contributed by atoms with Crippen LogP contribution in [0.4, 0.5) is 0 Å². The number of hydrogen-bond donors (Lipinski definition) is 2.